The fraction of sp³-hybridized carbons (Fsp3) is 1.00. The molecule has 3 aliphatic rings. The van der Waals surface area contributed by atoms with Gasteiger partial charge in [0, 0.05) is 0 Å². The Bertz CT molecular complexity index is 360. The summed E-state index contributed by atoms with van der Waals surface area (Å²) in [5, 5.41) is 0. The summed E-state index contributed by atoms with van der Waals surface area (Å²) in [7, 11) is -6.00. The molecule has 0 amide bonds. The minimum absolute atomic E-state index is 0. The van der Waals surface area contributed by atoms with Crippen LogP contribution in [0.5, 0.6) is 0 Å². The Labute approximate surface area is 257 Å². The maximum absolute atomic E-state index is 9.75. The fourth-order valence-corrected chi connectivity index (χ4v) is 4.53. The molecule has 0 radical (unpaired) electrons. The summed E-state index contributed by atoms with van der Waals surface area (Å²) in [4.78, 5) is 0. The molecule has 0 bridgehead atoms. The topological polar surface area (TPSA) is 55.4 Å². The summed E-state index contributed by atoms with van der Waals surface area (Å²) in [6.45, 7) is 7.04. The van der Waals surface area contributed by atoms with E-state index in [1.807, 2.05) is 0 Å². The van der Waals surface area contributed by atoms with E-state index in [1.54, 1.807) is 25.7 Å². The smallest absolute Gasteiger partial charge is 0.418 e. The Balaban J connectivity index is 0.000000585. The van der Waals surface area contributed by atoms with E-state index in [-0.39, 0.29) is 51.4 Å². The van der Waals surface area contributed by atoms with Crippen molar-refractivity contribution in [1.82, 2.24) is 0 Å². The van der Waals surface area contributed by atoms with Gasteiger partial charge in [-0.1, -0.05) is 64.2 Å². The van der Waals surface area contributed by atoms with Crippen molar-refractivity contribution in [1.29, 1.82) is 0 Å². The van der Waals surface area contributed by atoms with Gasteiger partial charge < -0.3 is 45.7 Å². The van der Waals surface area contributed by atoms with Crippen LogP contribution in [-0.4, -0.2) is 86.5 Å². The van der Waals surface area contributed by atoms with Gasteiger partial charge in [-0.05, 0) is 11.8 Å². The third-order valence-electron chi connectivity index (χ3n) is 6.20. The zero-order chi connectivity index (χ0) is 25.5. The maximum atomic E-state index is 9.75. The predicted octanol–water partition coefficient (Wildman–Crippen LogP) is 2.55. The van der Waals surface area contributed by atoms with E-state index in [0.717, 1.165) is 11.8 Å². The Morgan fingerprint density at radius 3 is 0.694 bits per heavy atom. The molecule has 0 aromatic rings. The van der Waals surface area contributed by atoms with Crippen molar-refractivity contribution in [3.63, 3.8) is 0 Å². The molecule has 0 aromatic carbocycles. The van der Waals surface area contributed by atoms with Gasteiger partial charge in [0.2, 0.25) is 0 Å². The van der Waals surface area contributed by atoms with Crippen LogP contribution in [-0.2, 0) is 28.4 Å². The molecule has 0 aromatic heterocycles. The largest absolute Gasteiger partial charge is 1.00 e. The second kappa shape index (κ2) is 26.4. The van der Waals surface area contributed by atoms with Crippen LogP contribution < -0.4 is 51.4 Å². The normalized spacial score (nSPS) is 23.3. The van der Waals surface area contributed by atoms with E-state index in [1.165, 1.54) is 38.5 Å². The molecule has 210 valence electrons. The van der Waals surface area contributed by atoms with Gasteiger partial charge in [-0.3, -0.25) is 0 Å². The Hall–Kier alpha value is 1.18. The van der Waals surface area contributed by atoms with Crippen molar-refractivity contribution in [3.05, 3.63) is 0 Å². The van der Waals surface area contributed by atoms with E-state index in [9.17, 15) is 17.3 Å². The first-order valence-corrected chi connectivity index (χ1v) is 13.3. The molecule has 3 fully saturated rings. The average Bonchev–Trinajstić information content (AvgIpc) is 2.85. The van der Waals surface area contributed by atoms with Crippen LogP contribution in [0.4, 0.5) is 17.3 Å². The first-order valence-electron chi connectivity index (χ1n) is 13.3. The third-order valence-corrected chi connectivity index (χ3v) is 6.20. The van der Waals surface area contributed by atoms with Crippen LogP contribution in [0.2, 0.25) is 0 Å². The van der Waals surface area contributed by atoms with Crippen LogP contribution in [0.25, 0.3) is 0 Å². The Morgan fingerprint density at radius 2 is 0.528 bits per heavy atom. The molecule has 0 N–H and O–H groups in total. The van der Waals surface area contributed by atoms with Crippen LogP contribution in [0.1, 0.15) is 64.2 Å². The molecule has 3 rings (SSSR count). The monoisotopic (exact) mass is 556 g/mol. The predicted molar refractivity (Wildman–Crippen MR) is 128 cm³/mol. The number of halogens is 4. The van der Waals surface area contributed by atoms with Crippen molar-refractivity contribution >= 4 is 7.25 Å². The molecule has 36 heavy (non-hydrogen) atoms. The first kappa shape index (κ1) is 37.2. The molecule has 0 atom stereocenters. The molecular formula is C24H46BF4KO6. The van der Waals surface area contributed by atoms with Crippen molar-refractivity contribution < 1.29 is 97.1 Å². The molecule has 1 heterocycles. The Kier molecular flexibility index (Phi) is 27.3. The molecule has 1 saturated heterocycles. The van der Waals surface area contributed by atoms with Gasteiger partial charge in [-0.2, -0.15) is 0 Å². The number of rotatable bonds is 1. The van der Waals surface area contributed by atoms with E-state index in [0.29, 0.717) is 79.3 Å². The molecule has 6 nitrogen and oxygen atoms in total. The van der Waals surface area contributed by atoms with Gasteiger partial charge in [0.15, 0.2) is 0 Å². The molecule has 0 unspecified atom stereocenters. The second-order valence-corrected chi connectivity index (χ2v) is 8.97. The summed E-state index contributed by atoms with van der Waals surface area (Å²) in [6.07, 6.45) is 15.4. The van der Waals surface area contributed by atoms with Gasteiger partial charge in [-0.25, -0.2) is 0 Å². The molecule has 1 aliphatic heterocycles. The van der Waals surface area contributed by atoms with E-state index in [2.05, 4.69) is 0 Å². The van der Waals surface area contributed by atoms with Gasteiger partial charge in [0.1, 0.15) is 0 Å². The maximum Gasteiger partial charge on any atom is 1.00 e. The number of hydrogen-bond donors (Lipinski definition) is 0. The first-order chi connectivity index (χ1) is 17.0. The van der Waals surface area contributed by atoms with Crippen LogP contribution in [0.3, 0.4) is 0 Å². The minimum Gasteiger partial charge on any atom is -0.418 e. The number of ether oxygens (including phenoxy) is 6. The Morgan fingerprint density at radius 1 is 0.361 bits per heavy atom. The SMILES string of the molecule is C1CCC(C2CCCCC2)CC1.C1COCCOCCOCCOCCOCCO1.F[B-](F)(F)F.[K+]. The summed E-state index contributed by atoms with van der Waals surface area (Å²) >= 11 is 0. The van der Waals surface area contributed by atoms with E-state index >= 15 is 0 Å². The van der Waals surface area contributed by atoms with Crippen molar-refractivity contribution in [2.75, 3.05) is 79.3 Å². The molecule has 2 saturated carbocycles. The van der Waals surface area contributed by atoms with E-state index in [4.69, 9.17) is 28.4 Å². The fourth-order valence-electron chi connectivity index (χ4n) is 4.53. The van der Waals surface area contributed by atoms with E-state index < -0.39 is 7.25 Å². The molecular weight excluding hydrogens is 510 g/mol. The van der Waals surface area contributed by atoms with Crippen LogP contribution >= 0.6 is 0 Å². The van der Waals surface area contributed by atoms with Crippen molar-refractivity contribution in [3.8, 4) is 0 Å². The number of hydrogen-bond acceptors (Lipinski definition) is 6. The van der Waals surface area contributed by atoms with Crippen LogP contribution in [0, 0.1) is 11.8 Å². The van der Waals surface area contributed by atoms with Crippen molar-refractivity contribution in [2.45, 2.75) is 64.2 Å². The summed E-state index contributed by atoms with van der Waals surface area (Å²) in [5.74, 6) is 2.28. The van der Waals surface area contributed by atoms with Gasteiger partial charge in [0.05, 0.1) is 79.3 Å². The molecule has 12 heteroatoms. The standard InChI is InChI=1S/C12H24O6.C12H22.BF4.K/c1-2-14-5-6-16-9-10-18-12-11-17-8-7-15-4-3-13-1;1-3-7-11(8-4-1)12-9-5-2-6-10-12;2-1(3,4)5;/h1-12H2;11-12H,1-10H2;;/q;;-1;+1. The third kappa shape index (κ3) is 26.8. The second-order valence-electron chi connectivity index (χ2n) is 8.97. The zero-order valence-electron chi connectivity index (χ0n) is 22.2. The summed E-state index contributed by atoms with van der Waals surface area (Å²) < 4.78 is 71.0. The zero-order valence-corrected chi connectivity index (χ0v) is 25.4. The van der Waals surface area contributed by atoms with Gasteiger partial charge in [0.25, 0.3) is 0 Å². The van der Waals surface area contributed by atoms with Crippen LogP contribution in [0.15, 0.2) is 0 Å². The van der Waals surface area contributed by atoms with Gasteiger partial charge in [-0.15, -0.1) is 0 Å². The quantitative estimate of drug-likeness (QED) is 0.366. The minimum atomic E-state index is -6.00. The molecule has 2 aliphatic carbocycles. The molecule has 0 spiro atoms. The average molecular weight is 557 g/mol. The van der Waals surface area contributed by atoms with Crippen molar-refractivity contribution in [2.24, 2.45) is 11.8 Å². The summed E-state index contributed by atoms with van der Waals surface area (Å²) in [5.41, 5.74) is 0. The van der Waals surface area contributed by atoms with Gasteiger partial charge >= 0.3 is 58.6 Å². The summed E-state index contributed by atoms with van der Waals surface area (Å²) in [6, 6.07) is 0.